The van der Waals surface area contributed by atoms with Crippen molar-refractivity contribution >= 4 is 0 Å². The Hall–Kier alpha value is -1.84. The smallest absolute Gasteiger partial charge is 0.196 e. The Labute approximate surface area is 75.8 Å². The number of methoxy groups -OCH3 is 1. The zero-order valence-corrected chi connectivity index (χ0v) is 7.21. The van der Waals surface area contributed by atoms with Gasteiger partial charge in [0.05, 0.1) is 7.11 Å². The maximum Gasteiger partial charge on any atom is 0.196 e. The minimum Gasteiger partial charge on any atom is -0.493 e. The first-order valence-electron chi connectivity index (χ1n) is 3.91. The first-order chi connectivity index (χ1) is 6.42. The van der Waals surface area contributed by atoms with Crippen molar-refractivity contribution in [1.82, 2.24) is 14.8 Å². The van der Waals surface area contributed by atoms with Crippen LogP contribution in [-0.2, 0) is 0 Å². The van der Waals surface area contributed by atoms with E-state index in [-0.39, 0.29) is 0 Å². The van der Waals surface area contributed by atoms with Crippen molar-refractivity contribution in [3.8, 4) is 11.6 Å². The van der Waals surface area contributed by atoms with Gasteiger partial charge in [0.15, 0.2) is 11.6 Å². The third-order valence-corrected chi connectivity index (χ3v) is 1.69. The van der Waals surface area contributed by atoms with Gasteiger partial charge in [-0.05, 0) is 18.2 Å². The molecule has 0 aliphatic rings. The molecule has 2 aromatic heterocycles. The molecule has 0 fully saturated rings. The maximum atomic E-state index is 5.15. The molecule has 2 aromatic rings. The molecule has 66 valence electrons. The summed E-state index contributed by atoms with van der Waals surface area (Å²) in [6.45, 7) is 0. The second-order valence-electron chi connectivity index (χ2n) is 2.48. The highest BCUT2D eigenvalue weighted by Crippen LogP contribution is 2.17. The molecule has 0 atom stereocenters. The standard InChI is InChI=1S/C9H9N3O/c1-13-8-4-2-5-10-9(8)12-7-3-6-11-12/h2-7H,1H3. The number of aromatic nitrogens is 3. The lowest BCUT2D eigenvalue weighted by Crippen LogP contribution is -2.00. The van der Waals surface area contributed by atoms with Gasteiger partial charge in [0.1, 0.15) is 0 Å². The van der Waals surface area contributed by atoms with Gasteiger partial charge in [-0.3, -0.25) is 0 Å². The lowest BCUT2D eigenvalue weighted by Gasteiger charge is -2.05. The topological polar surface area (TPSA) is 39.9 Å². The molecule has 0 saturated carbocycles. The Kier molecular flexibility index (Phi) is 1.96. The fraction of sp³-hybridized carbons (Fsp3) is 0.111. The van der Waals surface area contributed by atoms with Gasteiger partial charge in [-0.15, -0.1) is 0 Å². The average Bonchev–Trinajstić information content (AvgIpc) is 2.70. The molecule has 0 saturated heterocycles. The Morgan fingerprint density at radius 3 is 2.92 bits per heavy atom. The van der Waals surface area contributed by atoms with E-state index in [0.29, 0.717) is 11.6 Å². The van der Waals surface area contributed by atoms with Crippen LogP contribution in [0, 0.1) is 0 Å². The summed E-state index contributed by atoms with van der Waals surface area (Å²) in [5.74, 6) is 1.42. The number of hydrogen-bond donors (Lipinski definition) is 0. The quantitative estimate of drug-likeness (QED) is 0.690. The van der Waals surface area contributed by atoms with E-state index in [4.69, 9.17) is 4.74 Å². The molecule has 0 unspecified atom stereocenters. The molecule has 13 heavy (non-hydrogen) atoms. The molecule has 4 nitrogen and oxygen atoms in total. The lowest BCUT2D eigenvalue weighted by atomic mass is 10.4. The molecule has 0 N–H and O–H groups in total. The molecule has 0 amide bonds. The summed E-state index contributed by atoms with van der Waals surface area (Å²) in [6, 6.07) is 5.52. The maximum absolute atomic E-state index is 5.15. The van der Waals surface area contributed by atoms with Crippen LogP contribution >= 0.6 is 0 Å². The average molecular weight is 175 g/mol. The highest BCUT2D eigenvalue weighted by Gasteiger charge is 2.04. The minimum absolute atomic E-state index is 0.704. The van der Waals surface area contributed by atoms with E-state index >= 15 is 0 Å². The Bertz CT molecular complexity index is 384. The number of pyridine rings is 1. The highest BCUT2D eigenvalue weighted by molar-refractivity contribution is 5.38. The number of rotatable bonds is 2. The van der Waals surface area contributed by atoms with Gasteiger partial charge in [-0.25, -0.2) is 9.67 Å². The second kappa shape index (κ2) is 3.26. The van der Waals surface area contributed by atoms with Gasteiger partial charge in [0, 0.05) is 18.6 Å². The van der Waals surface area contributed by atoms with Crippen LogP contribution in [0.25, 0.3) is 5.82 Å². The molecule has 0 bridgehead atoms. The molecule has 0 aliphatic heterocycles. The zero-order valence-electron chi connectivity index (χ0n) is 7.21. The van der Waals surface area contributed by atoms with Crippen LogP contribution in [0.5, 0.6) is 5.75 Å². The van der Waals surface area contributed by atoms with Crippen LogP contribution in [0.15, 0.2) is 36.8 Å². The van der Waals surface area contributed by atoms with E-state index in [1.807, 2.05) is 24.4 Å². The zero-order chi connectivity index (χ0) is 9.10. The van der Waals surface area contributed by atoms with E-state index in [1.165, 1.54) is 0 Å². The summed E-state index contributed by atoms with van der Waals surface area (Å²) in [6.07, 6.45) is 5.23. The largest absolute Gasteiger partial charge is 0.493 e. The molecule has 0 aromatic carbocycles. The van der Waals surface area contributed by atoms with E-state index in [2.05, 4.69) is 10.1 Å². The van der Waals surface area contributed by atoms with Crippen LogP contribution in [0.2, 0.25) is 0 Å². The summed E-state index contributed by atoms with van der Waals surface area (Å²) in [7, 11) is 1.62. The van der Waals surface area contributed by atoms with Crippen molar-refractivity contribution in [2.45, 2.75) is 0 Å². The molecule has 0 spiro atoms. The highest BCUT2D eigenvalue weighted by atomic mass is 16.5. The van der Waals surface area contributed by atoms with Gasteiger partial charge in [-0.1, -0.05) is 0 Å². The first kappa shape index (κ1) is 7.79. The monoisotopic (exact) mass is 175 g/mol. The van der Waals surface area contributed by atoms with Crippen molar-refractivity contribution in [2.24, 2.45) is 0 Å². The predicted molar refractivity (Wildman–Crippen MR) is 47.9 cm³/mol. The fourth-order valence-electron chi connectivity index (χ4n) is 1.11. The lowest BCUT2D eigenvalue weighted by molar-refractivity contribution is 0.409. The van der Waals surface area contributed by atoms with Crippen LogP contribution in [-0.4, -0.2) is 21.9 Å². The molecule has 0 radical (unpaired) electrons. The fourth-order valence-corrected chi connectivity index (χ4v) is 1.11. The van der Waals surface area contributed by atoms with Crippen LogP contribution in [0.1, 0.15) is 0 Å². The third kappa shape index (κ3) is 1.38. The van der Waals surface area contributed by atoms with Crippen molar-refractivity contribution in [2.75, 3.05) is 7.11 Å². The molecule has 4 heteroatoms. The Balaban J connectivity index is 2.51. The van der Waals surface area contributed by atoms with Crippen molar-refractivity contribution < 1.29 is 4.74 Å². The molecular weight excluding hydrogens is 166 g/mol. The van der Waals surface area contributed by atoms with Crippen LogP contribution in [0.3, 0.4) is 0 Å². The van der Waals surface area contributed by atoms with E-state index < -0.39 is 0 Å². The summed E-state index contributed by atoms with van der Waals surface area (Å²) >= 11 is 0. The Morgan fingerprint density at radius 2 is 2.23 bits per heavy atom. The molecule has 2 rings (SSSR count). The third-order valence-electron chi connectivity index (χ3n) is 1.69. The normalized spacial score (nSPS) is 9.92. The number of hydrogen-bond acceptors (Lipinski definition) is 3. The SMILES string of the molecule is COc1cccnc1-n1cccn1. The Morgan fingerprint density at radius 1 is 1.31 bits per heavy atom. The summed E-state index contributed by atoms with van der Waals surface area (Å²) < 4.78 is 6.81. The van der Waals surface area contributed by atoms with Gasteiger partial charge >= 0.3 is 0 Å². The second-order valence-corrected chi connectivity index (χ2v) is 2.48. The van der Waals surface area contributed by atoms with Gasteiger partial charge in [0.2, 0.25) is 0 Å². The van der Waals surface area contributed by atoms with Crippen LogP contribution in [0.4, 0.5) is 0 Å². The molecule has 2 heterocycles. The number of nitrogens with zero attached hydrogens (tertiary/aromatic N) is 3. The summed E-state index contributed by atoms with van der Waals surface area (Å²) in [5, 5.41) is 4.07. The number of ether oxygens (including phenoxy) is 1. The molecule has 0 aliphatic carbocycles. The summed E-state index contributed by atoms with van der Waals surface area (Å²) in [4.78, 5) is 4.17. The predicted octanol–water partition coefficient (Wildman–Crippen LogP) is 1.28. The van der Waals surface area contributed by atoms with Crippen molar-refractivity contribution in [1.29, 1.82) is 0 Å². The first-order valence-corrected chi connectivity index (χ1v) is 3.91. The van der Waals surface area contributed by atoms with E-state index in [1.54, 1.807) is 24.2 Å². The van der Waals surface area contributed by atoms with Gasteiger partial charge < -0.3 is 4.74 Å². The van der Waals surface area contributed by atoms with Gasteiger partial charge in [-0.2, -0.15) is 5.10 Å². The van der Waals surface area contributed by atoms with E-state index in [9.17, 15) is 0 Å². The van der Waals surface area contributed by atoms with Crippen LogP contribution < -0.4 is 4.74 Å². The minimum atomic E-state index is 0.704. The van der Waals surface area contributed by atoms with Gasteiger partial charge in [0.25, 0.3) is 0 Å². The van der Waals surface area contributed by atoms with Crippen molar-refractivity contribution in [3.05, 3.63) is 36.8 Å². The summed E-state index contributed by atoms with van der Waals surface area (Å²) in [5.41, 5.74) is 0. The van der Waals surface area contributed by atoms with Crippen molar-refractivity contribution in [3.63, 3.8) is 0 Å². The van der Waals surface area contributed by atoms with E-state index in [0.717, 1.165) is 0 Å². The molecular formula is C9H9N3O.